The summed E-state index contributed by atoms with van der Waals surface area (Å²) in [4.78, 5) is 7.58. The van der Waals surface area contributed by atoms with Crippen LogP contribution in [-0.2, 0) is 4.74 Å². The summed E-state index contributed by atoms with van der Waals surface area (Å²) >= 11 is 0. The van der Waals surface area contributed by atoms with E-state index in [0.717, 1.165) is 0 Å². The maximum atomic E-state index is 9.68. The molecule has 1 fully saturated rings. The number of rotatable bonds is 2. The summed E-state index contributed by atoms with van der Waals surface area (Å²) in [6, 6.07) is 0. The molecule has 94 valence electrons. The average Bonchev–Trinajstić information content (AvgIpc) is 2.32. The van der Waals surface area contributed by atoms with E-state index in [0.29, 0.717) is 11.5 Å². The lowest BCUT2D eigenvalue weighted by molar-refractivity contribution is -0.178. The van der Waals surface area contributed by atoms with Gasteiger partial charge in [-0.05, 0) is 0 Å². The molecule has 8 nitrogen and oxygen atoms in total. The minimum atomic E-state index is -1.27. The zero-order valence-electron chi connectivity index (χ0n) is 8.89. The minimum Gasteiger partial charge on any atom is -0.394 e. The Labute approximate surface area is 97.1 Å². The van der Waals surface area contributed by atoms with E-state index >= 15 is 0 Å². The molecule has 2 heterocycles. The van der Waals surface area contributed by atoms with Gasteiger partial charge in [0.2, 0.25) is 0 Å². The molecule has 0 radical (unpaired) electrons. The molecule has 17 heavy (non-hydrogen) atoms. The van der Waals surface area contributed by atoms with Crippen LogP contribution in [0, 0.1) is 0 Å². The summed E-state index contributed by atoms with van der Waals surface area (Å²) in [6.45, 7) is -0.0825. The van der Waals surface area contributed by atoms with Gasteiger partial charge in [0, 0.05) is 0 Å². The Bertz CT molecular complexity index is 391. The highest BCUT2D eigenvalue weighted by Crippen LogP contribution is 2.19. The minimum absolute atomic E-state index is 0.0825. The van der Waals surface area contributed by atoms with Crippen molar-refractivity contribution >= 4 is 11.5 Å². The van der Waals surface area contributed by atoms with Gasteiger partial charge < -0.3 is 31.1 Å². The summed E-state index contributed by atoms with van der Waals surface area (Å²) < 4.78 is 5.14. The Kier molecular flexibility index (Phi) is 3.38. The zero-order valence-corrected chi connectivity index (χ0v) is 8.89. The number of nitrogens with two attached hydrogens (primary N) is 1. The normalized spacial score (nSPS) is 33.4. The van der Waals surface area contributed by atoms with E-state index in [4.69, 9.17) is 10.5 Å². The van der Waals surface area contributed by atoms with Crippen molar-refractivity contribution in [2.24, 2.45) is 0 Å². The molecular weight excluding hydrogens is 228 g/mol. The molecule has 8 heteroatoms. The lowest BCUT2D eigenvalue weighted by Crippen LogP contribution is -2.55. The lowest BCUT2D eigenvalue weighted by Gasteiger charge is -2.35. The van der Waals surface area contributed by atoms with Crippen molar-refractivity contribution < 1.29 is 20.1 Å². The van der Waals surface area contributed by atoms with Crippen molar-refractivity contribution in [3.8, 4) is 0 Å². The van der Waals surface area contributed by atoms with Crippen LogP contribution in [-0.4, -0.2) is 56.4 Å². The van der Waals surface area contributed by atoms with Crippen LogP contribution >= 0.6 is 0 Å². The predicted octanol–water partition coefficient (Wildman–Crippen LogP) is -2.09. The molecule has 1 aromatic rings. The predicted molar refractivity (Wildman–Crippen MR) is 57.8 cm³/mol. The van der Waals surface area contributed by atoms with Gasteiger partial charge in [0.25, 0.3) is 0 Å². The average molecular weight is 242 g/mol. The van der Waals surface area contributed by atoms with Crippen LogP contribution in [0.25, 0.3) is 0 Å². The summed E-state index contributed by atoms with van der Waals surface area (Å²) in [5.41, 5.74) is 5.90. The molecule has 0 unspecified atom stereocenters. The van der Waals surface area contributed by atoms with E-state index in [9.17, 15) is 15.3 Å². The Hall–Kier alpha value is -1.48. The quantitative estimate of drug-likeness (QED) is 0.398. The fourth-order valence-electron chi connectivity index (χ4n) is 1.53. The number of hydrogen-bond donors (Lipinski definition) is 5. The molecule has 1 aliphatic rings. The molecule has 0 bridgehead atoms. The topological polar surface area (TPSA) is 134 Å². The maximum Gasteiger partial charge on any atom is 0.157 e. The highest BCUT2D eigenvalue weighted by atomic mass is 16.5. The van der Waals surface area contributed by atoms with Crippen LogP contribution in [0.2, 0.25) is 0 Å². The van der Waals surface area contributed by atoms with Crippen LogP contribution in [0.1, 0.15) is 0 Å². The molecule has 2 rings (SSSR count). The molecule has 4 atom stereocenters. The third-order valence-corrected chi connectivity index (χ3v) is 2.52. The van der Waals surface area contributed by atoms with Gasteiger partial charge in [-0.1, -0.05) is 0 Å². The lowest BCUT2D eigenvalue weighted by atomic mass is 10.0. The molecule has 1 saturated heterocycles. The van der Waals surface area contributed by atoms with Gasteiger partial charge in [-0.3, -0.25) is 0 Å². The number of ether oxygens (including phenoxy) is 1. The first kappa shape index (κ1) is 12.0. The smallest absolute Gasteiger partial charge is 0.157 e. The second kappa shape index (κ2) is 4.80. The van der Waals surface area contributed by atoms with Crippen molar-refractivity contribution in [1.29, 1.82) is 0 Å². The molecule has 0 saturated carbocycles. The van der Waals surface area contributed by atoms with E-state index in [1.807, 2.05) is 0 Å². The van der Waals surface area contributed by atoms with Crippen molar-refractivity contribution in [3.05, 3.63) is 12.5 Å². The molecule has 1 aromatic heterocycles. The first-order valence-electron chi connectivity index (χ1n) is 5.07. The number of aliphatic hydroxyl groups excluding tert-OH is 3. The van der Waals surface area contributed by atoms with Gasteiger partial charge in [0.05, 0.1) is 18.5 Å². The number of nitrogen functional groups attached to an aromatic ring is 1. The second-order valence-electron chi connectivity index (χ2n) is 3.77. The molecule has 0 aliphatic carbocycles. The van der Waals surface area contributed by atoms with Crippen LogP contribution in [0.5, 0.6) is 0 Å². The highest BCUT2D eigenvalue weighted by molar-refractivity contribution is 5.59. The van der Waals surface area contributed by atoms with Gasteiger partial charge in [-0.25, -0.2) is 9.97 Å². The summed E-state index contributed by atoms with van der Waals surface area (Å²) in [6.07, 6.45) is -1.84. The summed E-state index contributed by atoms with van der Waals surface area (Å²) in [5.74, 6) is 0.299. The van der Waals surface area contributed by atoms with E-state index in [1.165, 1.54) is 12.5 Å². The number of hydrogen-bond acceptors (Lipinski definition) is 8. The van der Waals surface area contributed by atoms with E-state index < -0.39 is 24.5 Å². The second-order valence-corrected chi connectivity index (χ2v) is 3.77. The number of anilines is 2. The monoisotopic (exact) mass is 242 g/mol. The Balaban J connectivity index is 2.07. The van der Waals surface area contributed by atoms with Crippen molar-refractivity contribution in [2.45, 2.75) is 24.5 Å². The van der Waals surface area contributed by atoms with Gasteiger partial charge >= 0.3 is 0 Å². The van der Waals surface area contributed by atoms with E-state index in [1.54, 1.807) is 0 Å². The number of aromatic nitrogens is 2. The first-order valence-corrected chi connectivity index (χ1v) is 5.07. The number of nitrogens with one attached hydrogen (secondary N) is 1. The van der Waals surface area contributed by atoms with Crippen molar-refractivity contribution in [3.63, 3.8) is 0 Å². The van der Waals surface area contributed by atoms with Crippen LogP contribution in [0.3, 0.4) is 0 Å². The summed E-state index contributed by atoms with van der Waals surface area (Å²) in [5, 5.41) is 31.2. The first-order chi connectivity index (χ1) is 8.09. The van der Waals surface area contributed by atoms with Crippen LogP contribution in [0.15, 0.2) is 12.5 Å². The molecular formula is C9H14N4O4. The highest BCUT2D eigenvalue weighted by Gasteiger charge is 2.37. The number of aliphatic hydroxyl groups is 3. The Morgan fingerprint density at radius 2 is 2.12 bits per heavy atom. The molecule has 0 amide bonds. The third kappa shape index (κ3) is 2.44. The molecule has 1 aliphatic heterocycles. The molecule has 0 spiro atoms. The SMILES string of the molecule is Nc1cncnc1N[C@H]1OC[C@@H](O)[C@@H](O)[C@H]1O. The standard InChI is InChI=1S/C9H14N4O4/c10-4-1-11-3-12-8(4)13-9-7(16)6(15)5(14)2-17-9/h1,3,5-7,9,14-16H,2,10H2,(H,11,12,13)/t5-,6-,7-,9+/m1/s1. The van der Waals surface area contributed by atoms with Gasteiger partial charge in [0.1, 0.15) is 24.6 Å². The maximum absolute atomic E-state index is 9.68. The van der Waals surface area contributed by atoms with Gasteiger partial charge in [-0.15, -0.1) is 0 Å². The molecule has 6 N–H and O–H groups in total. The fourth-order valence-corrected chi connectivity index (χ4v) is 1.53. The molecule has 0 aromatic carbocycles. The Morgan fingerprint density at radius 3 is 2.82 bits per heavy atom. The number of nitrogens with zero attached hydrogens (tertiary/aromatic N) is 2. The summed E-state index contributed by atoms with van der Waals surface area (Å²) in [7, 11) is 0. The van der Waals surface area contributed by atoms with Crippen LogP contribution in [0.4, 0.5) is 11.5 Å². The Morgan fingerprint density at radius 1 is 1.35 bits per heavy atom. The third-order valence-electron chi connectivity index (χ3n) is 2.52. The van der Waals surface area contributed by atoms with E-state index in [2.05, 4.69) is 15.3 Å². The fraction of sp³-hybridized carbons (Fsp3) is 0.556. The van der Waals surface area contributed by atoms with Gasteiger partial charge in [0.15, 0.2) is 12.0 Å². The largest absolute Gasteiger partial charge is 0.394 e. The van der Waals surface area contributed by atoms with Crippen molar-refractivity contribution in [2.75, 3.05) is 17.7 Å². The zero-order chi connectivity index (χ0) is 12.4. The van der Waals surface area contributed by atoms with Gasteiger partial charge in [-0.2, -0.15) is 0 Å². The van der Waals surface area contributed by atoms with Crippen molar-refractivity contribution in [1.82, 2.24) is 9.97 Å². The van der Waals surface area contributed by atoms with Crippen LogP contribution < -0.4 is 11.1 Å². The van der Waals surface area contributed by atoms with E-state index in [-0.39, 0.29) is 6.61 Å².